The number of anilines is 2. The molecule has 1 heterocycles. The number of hydrogen-bond donors (Lipinski definition) is 2. The zero-order valence-electron chi connectivity index (χ0n) is 20.0. The van der Waals surface area contributed by atoms with Crippen molar-refractivity contribution in [2.45, 2.75) is 25.8 Å². The van der Waals surface area contributed by atoms with Gasteiger partial charge in [-0.1, -0.05) is 36.3 Å². The number of nitrogens with zero attached hydrogens (tertiary/aromatic N) is 2. The second-order valence-corrected chi connectivity index (χ2v) is 9.18. The predicted molar refractivity (Wildman–Crippen MR) is 141 cm³/mol. The minimum absolute atomic E-state index is 0.329. The summed E-state index contributed by atoms with van der Waals surface area (Å²) in [4.78, 5) is 2.28. The third-order valence-corrected chi connectivity index (χ3v) is 6.70. The molecule has 0 radical (unpaired) electrons. The summed E-state index contributed by atoms with van der Waals surface area (Å²) in [6.45, 7) is 6.26. The average Bonchev–Trinajstić information content (AvgIpc) is 2.86. The van der Waals surface area contributed by atoms with E-state index in [1.807, 2.05) is 38.2 Å². The molecule has 3 aromatic carbocycles. The van der Waals surface area contributed by atoms with E-state index in [4.69, 9.17) is 5.73 Å². The van der Waals surface area contributed by atoms with Crippen molar-refractivity contribution in [2.24, 2.45) is 11.7 Å². The first-order valence-electron chi connectivity index (χ1n) is 11.9. The monoisotopic (exact) mass is 470 g/mol. The number of nitrogens with two attached hydrogens (primary N) is 1. The summed E-state index contributed by atoms with van der Waals surface area (Å²) in [5, 5.41) is 12.9. The number of hydrogen-bond acceptors (Lipinski definition) is 4. The normalized spacial score (nSPS) is 13.9. The van der Waals surface area contributed by atoms with E-state index in [-0.39, 0.29) is 0 Å². The molecule has 3 aromatic rings. The molecule has 0 aliphatic carbocycles. The summed E-state index contributed by atoms with van der Waals surface area (Å²) < 4.78 is 27.3. The van der Waals surface area contributed by atoms with Crippen LogP contribution in [0.5, 0.6) is 0 Å². The number of piperidine rings is 1. The van der Waals surface area contributed by atoms with Crippen molar-refractivity contribution in [3.05, 3.63) is 95.1 Å². The summed E-state index contributed by atoms with van der Waals surface area (Å²) in [6.07, 6.45) is 2.39. The molecular weight excluding hydrogens is 441 g/mol. The Kier molecular flexibility index (Phi) is 7.53. The van der Waals surface area contributed by atoms with E-state index in [1.54, 1.807) is 6.07 Å². The van der Waals surface area contributed by atoms with Gasteiger partial charge >= 0.3 is 0 Å². The first-order valence-corrected chi connectivity index (χ1v) is 11.9. The Bertz CT molecular complexity index is 1280. The van der Waals surface area contributed by atoms with E-state index in [2.05, 4.69) is 28.9 Å². The largest absolute Gasteiger partial charge is 0.370 e. The summed E-state index contributed by atoms with van der Waals surface area (Å²) in [7, 11) is 2.03. The van der Waals surface area contributed by atoms with E-state index in [0.29, 0.717) is 30.0 Å². The lowest BCUT2D eigenvalue weighted by molar-refractivity contribution is 0.397. The predicted octanol–water partition coefficient (Wildman–Crippen LogP) is 4.10. The van der Waals surface area contributed by atoms with Crippen LogP contribution in [0.2, 0.25) is 0 Å². The van der Waals surface area contributed by atoms with Crippen LogP contribution in [-0.4, -0.2) is 20.9 Å². The van der Waals surface area contributed by atoms with E-state index >= 15 is 0 Å². The van der Waals surface area contributed by atoms with Crippen molar-refractivity contribution in [1.82, 2.24) is 0 Å². The minimum Gasteiger partial charge on any atom is -0.370 e. The van der Waals surface area contributed by atoms with Crippen LogP contribution in [-0.2, 0) is 13.0 Å². The molecule has 0 amide bonds. The van der Waals surface area contributed by atoms with Gasteiger partial charge in [-0.15, -0.1) is 0 Å². The van der Waals surface area contributed by atoms with Crippen LogP contribution >= 0.6 is 0 Å². The molecule has 0 unspecified atom stereocenters. The Balaban J connectivity index is 1.50. The Labute approximate surface area is 206 Å². The molecule has 1 aliphatic rings. The quantitative estimate of drug-likeness (QED) is 0.511. The summed E-state index contributed by atoms with van der Waals surface area (Å²) in [5.74, 6) is -0.694. The van der Waals surface area contributed by atoms with Crippen LogP contribution in [0.1, 0.15) is 35.1 Å². The van der Waals surface area contributed by atoms with Crippen LogP contribution in [0, 0.1) is 28.9 Å². The number of nitrogens with one attached hydrogen (secondary N) is 1. The van der Waals surface area contributed by atoms with Gasteiger partial charge < -0.3 is 16.0 Å². The van der Waals surface area contributed by atoms with E-state index in [9.17, 15) is 14.0 Å². The Morgan fingerprint density at radius 2 is 1.86 bits per heavy atom. The van der Waals surface area contributed by atoms with E-state index in [1.165, 1.54) is 6.07 Å². The second-order valence-electron chi connectivity index (χ2n) is 9.18. The Morgan fingerprint density at radius 3 is 2.54 bits per heavy atom. The van der Waals surface area contributed by atoms with Gasteiger partial charge in [-0.3, -0.25) is 0 Å². The summed E-state index contributed by atoms with van der Waals surface area (Å²) in [6, 6.07) is 17.8. The molecule has 1 saturated heterocycles. The third kappa shape index (κ3) is 5.72. The molecule has 1 aliphatic heterocycles. The fraction of sp³-hybridized carbons (Fsp3) is 0.250. The Morgan fingerprint density at radius 1 is 1.09 bits per heavy atom. The highest BCUT2D eigenvalue weighted by atomic mass is 19.1. The van der Waals surface area contributed by atoms with Gasteiger partial charge in [0.1, 0.15) is 19.5 Å². The zero-order valence-corrected chi connectivity index (χ0v) is 20.0. The highest BCUT2D eigenvalue weighted by Crippen LogP contribution is 2.34. The average molecular weight is 470 g/mol. The lowest BCUT2D eigenvalue weighted by atomic mass is 9.89. The van der Waals surface area contributed by atoms with Gasteiger partial charge in [0.25, 0.3) is 0 Å². The molecule has 4 rings (SSSR count). The standard InChI is InChI=1S/C28H29BF2N4/c1-18(25-6-4-23(29)14-22(25)17-33)34-27-13-20(16-32)2-7-28(27)35-10-8-19(9-11-35)12-21-3-5-24(30)15-26(21)31/h2-7,13-15,19,34H,1,8-12,17,29,33H2. The topological polar surface area (TPSA) is 65.1 Å². The van der Waals surface area contributed by atoms with Crippen LogP contribution in [0.4, 0.5) is 20.2 Å². The molecule has 0 saturated carbocycles. The molecule has 178 valence electrons. The van der Waals surface area contributed by atoms with Crippen LogP contribution < -0.4 is 21.4 Å². The van der Waals surface area contributed by atoms with Gasteiger partial charge in [-0.25, -0.2) is 8.78 Å². The molecule has 4 nitrogen and oxygen atoms in total. The zero-order chi connectivity index (χ0) is 24.9. The number of rotatable bonds is 7. The van der Waals surface area contributed by atoms with Crippen molar-refractivity contribution in [3.63, 3.8) is 0 Å². The fourth-order valence-corrected chi connectivity index (χ4v) is 4.77. The molecule has 35 heavy (non-hydrogen) atoms. The summed E-state index contributed by atoms with van der Waals surface area (Å²) >= 11 is 0. The smallest absolute Gasteiger partial charge is 0.139 e. The fourth-order valence-electron chi connectivity index (χ4n) is 4.77. The maximum Gasteiger partial charge on any atom is 0.139 e. The van der Waals surface area contributed by atoms with Gasteiger partial charge in [0, 0.05) is 37.0 Å². The molecule has 7 heteroatoms. The molecule has 0 aromatic heterocycles. The van der Waals surface area contributed by atoms with Crippen LogP contribution in [0.3, 0.4) is 0 Å². The van der Waals surface area contributed by atoms with Gasteiger partial charge in [0.2, 0.25) is 0 Å². The highest BCUT2D eigenvalue weighted by Gasteiger charge is 2.23. The molecule has 1 fully saturated rings. The molecule has 0 spiro atoms. The summed E-state index contributed by atoms with van der Waals surface area (Å²) in [5.41, 5.74) is 12.7. The van der Waals surface area contributed by atoms with Crippen LogP contribution in [0.25, 0.3) is 5.70 Å². The second kappa shape index (κ2) is 10.8. The van der Waals surface area contributed by atoms with Gasteiger partial charge in [0.05, 0.1) is 23.0 Å². The van der Waals surface area contributed by atoms with Crippen molar-refractivity contribution in [1.29, 1.82) is 5.26 Å². The SMILES string of the molecule is Bc1ccc(C(=C)Nc2cc(C#N)ccc2N2CCC(Cc3ccc(F)cc3F)CC2)c(CN)c1. The number of benzene rings is 3. The first kappa shape index (κ1) is 24.5. The molecule has 0 atom stereocenters. The highest BCUT2D eigenvalue weighted by molar-refractivity contribution is 6.32. The molecule has 3 N–H and O–H groups in total. The van der Waals surface area contributed by atoms with Crippen molar-refractivity contribution in [2.75, 3.05) is 23.3 Å². The van der Waals surface area contributed by atoms with Crippen molar-refractivity contribution < 1.29 is 8.78 Å². The molecular formula is C28H29BF2N4. The van der Waals surface area contributed by atoms with Gasteiger partial charge in [-0.2, -0.15) is 5.26 Å². The van der Waals surface area contributed by atoms with Crippen LogP contribution in [0.15, 0.2) is 61.2 Å². The van der Waals surface area contributed by atoms with Crippen molar-refractivity contribution in [3.8, 4) is 6.07 Å². The third-order valence-electron chi connectivity index (χ3n) is 6.70. The molecule has 0 bridgehead atoms. The Hall–Kier alpha value is -3.63. The minimum atomic E-state index is -0.548. The lowest BCUT2D eigenvalue weighted by Crippen LogP contribution is -2.34. The van der Waals surface area contributed by atoms with Gasteiger partial charge in [-0.05, 0) is 60.6 Å². The number of nitriles is 1. The van der Waals surface area contributed by atoms with E-state index < -0.39 is 11.6 Å². The first-order chi connectivity index (χ1) is 16.9. The van der Waals surface area contributed by atoms with Gasteiger partial charge in [0.15, 0.2) is 0 Å². The maximum atomic E-state index is 14.1. The maximum absolute atomic E-state index is 14.1. The number of halogens is 2. The lowest BCUT2D eigenvalue weighted by Gasteiger charge is -2.35. The van der Waals surface area contributed by atoms with Crippen molar-refractivity contribution >= 4 is 30.4 Å². The van der Waals surface area contributed by atoms with E-state index in [0.717, 1.165) is 65.7 Å².